The van der Waals surface area contributed by atoms with Crippen LogP contribution in [0.3, 0.4) is 0 Å². The summed E-state index contributed by atoms with van der Waals surface area (Å²) in [6.07, 6.45) is 8.47. The van der Waals surface area contributed by atoms with Gasteiger partial charge in [-0.2, -0.15) is 0 Å². The van der Waals surface area contributed by atoms with E-state index in [2.05, 4.69) is 0 Å². The Labute approximate surface area is 80.7 Å². The summed E-state index contributed by atoms with van der Waals surface area (Å²) in [7, 11) is -1.67. The molecule has 0 spiro atoms. The van der Waals surface area contributed by atoms with Gasteiger partial charge in [-0.3, -0.25) is 0 Å². The second-order valence-corrected chi connectivity index (χ2v) is 9.54. The molecular formula is C10H21O2P. The molecule has 0 aromatic rings. The molecule has 2 saturated heterocycles. The maximum atomic E-state index is 9.55. The third-order valence-corrected chi connectivity index (χ3v) is 10.0. The Morgan fingerprint density at radius 1 is 0.846 bits per heavy atom. The summed E-state index contributed by atoms with van der Waals surface area (Å²) in [5.74, 6) is 0. The molecule has 0 amide bonds. The fourth-order valence-electron chi connectivity index (χ4n) is 3.56. The van der Waals surface area contributed by atoms with E-state index in [1.165, 1.54) is 38.5 Å². The third-order valence-electron chi connectivity index (χ3n) is 4.43. The molecule has 2 bridgehead atoms. The molecule has 0 aliphatic carbocycles. The SMILES string of the molecule is OC[PH]1(CO)C2CCCC1CCC2. The van der Waals surface area contributed by atoms with Gasteiger partial charge in [0.2, 0.25) is 0 Å². The van der Waals surface area contributed by atoms with Crippen molar-refractivity contribution in [3.8, 4) is 0 Å². The molecule has 78 valence electrons. The molecule has 0 aromatic carbocycles. The average molecular weight is 204 g/mol. The Balaban J connectivity index is 2.22. The summed E-state index contributed by atoms with van der Waals surface area (Å²) in [5, 5.41) is 19.1. The van der Waals surface area contributed by atoms with Crippen molar-refractivity contribution in [1.82, 2.24) is 0 Å². The van der Waals surface area contributed by atoms with Gasteiger partial charge >= 0.3 is 80.0 Å². The van der Waals surface area contributed by atoms with Crippen molar-refractivity contribution in [2.75, 3.05) is 12.7 Å². The first kappa shape index (κ1) is 9.89. The fraction of sp³-hybridized carbons (Fsp3) is 1.00. The van der Waals surface area contributed by atoms with E-state index in [9.17, 15) is 10.2 Å². The van der Waals surface area contributed by atoms with E-state index < -0.39 is 7.26 Å². The second kappa shape index (κ2) is 3.84. The number of aliphatic hydroxyl groups is 2. The van der Waals surface area contributed by atoms with Gasteiger partial charge in [0.1, 0.15) is 0 Å². The van der Waals surface area contributed by atoms with Crippen molar-refractivity contribution in [3.05, 3.63) is 0 Å². The first-order chi connectivity index (χ1) is 6.33. The van der Waals surface area contributed by atoms with E-state index in [1.807, 2.05) is 0 Å². The summed E-state index contributed by atoms with van der Waals surface area (Å²) in [4.78, 5) is 0. The predicted molar refractivity (Wildman–Crippen MR) is 57.8 cm³/mol. The van der Waals surface area contributed by atoms with Gasteiger partial charge in [0, 0.05) is 0 Å². The topological polar surface area (TPSA) is 40.5 Å². The number of rotatable bonds is 2. The number of fused-ring (bicyclic) bond motifs is 2. The van der Waals surface area contributed by atoms with Crippen LogP contribution in [0.1, 0.15) is 38.5 Å². The van der Waals surface area contributed by atoms with E-state index in [0.29, 0.717) is 12.7 Å². The molecule has 0 radical (unpaired) electrons. The second-order valence-electron chi connectivity index (χ2n) is 4.81. The van der Waals surface area contributed by atoms with E-state index in [-0.39, 0.29) is 0 Å². The van der Waals surface area contributed by atoms with Gasteiger partial charge in [-0.15, -0.1) is 0 Å². The molecule has 2 heterocycles. The van der Waals surface area contributed by atoms with Crippen molar-refractivity contribution in [1.29, 1.82) is 0 Å². The van der Waals surface area contributed by atoms with Gasteiger partial charge in [-0.05, 0) is 0 Å². The van der Waals surface area contributed by atoms with Crippen LogP contribution in [0.15, 0.2) is 0 Å². The van der Waals surface area contributed by atoms with Crippen LogP contribution in [0.5, 0.6) is 0 Å². The average Bonchev–Trinajstić information content (AvgIpc) is 2.16. The van der Waals surface area contributed by atoms with Gasteiger partial charge in [-0.25, -0.2) is 0 Å². The van der Waals surface area contributed by atoms with Crippen LogP contribution >= 0.6 is 7.26 Å². The fourth-order valence-corrected chi connectivity index (χ4v) is 8.48. The van der Waals surface area contributed by atoms with Crippen molar-refractivity contribution in [2.24, 2.45) is 0 Å². The zero-order valence-corrected chi connectivity index (χ0v) is 9.21. The summed E-state index contributed by atoms with van der Waals surface area (Å²) in [6.45, 7) is 0. The van der Waals surface area contributed by atoms with Gasteiger partial charge in [-0.1, -0.05) is 0 Å². The van der Waals surface area contributed by atoms with Crippen LogP contribution in [0.2, 0.25) is 0 Å². The molecule has 2 aliphatic heterocycles. The Morgan fingerprint density at radius 2 is 1.23 bits per heavy atom. The Morgan fingerprint density at radius 3 is 1.46 bits per heavy atom. The van der Waals surface area contributed by atoms with Gasteiger partial charge in [0.25, 0.3) is 0 Å². The minimum atomic E-state index is -1.67. The van der Waals surface area contributed by atoms with Crippen LogP contribution in [-0.2, 0) is 0 Å². The molecule has 2 N–H and O–H groups in total. The van der Waals surface area contributed by atoms with Gasteiger partial charge in [0.05, 0.1) is 0 Å². The van der Waals surface area contributed by atoms with Crippen molar-refractivity contribution < 1.29 is 10.2 Å². The third kappa shape index (κ3) is 1.44. The van der Waals surface area contributed by atoms with E-state index >= 15 is 0 Å². The van der Waals surface area contributed by atoms with E-state index in [1.54, 1.807) is 0 Å². The summed E-state index contributed by atoms with van der Waals surface area (Å²) in [6, 6.07) is 0. The summed E-state index contributed by atoms with van der Waals surface area (Å²) >= 11 is 0. The molecule has 13 heavy (non-hydrogen) atoms. The molecule has 0 atom stereocenters. The van der Waals surface area contributed by atoms with E-state index in [0.717, 1.165) is 11.3 Å². The van der Waals surface area contributed by atoms with Crippen molar-refractivity contribution >= 4 is 7.26 Å². The standard InChI is InChI=1S/C10H21O2P/c11-7-13(8-12)9-3-1-4-10(13)6-2-5-9/h9-13H,1-8H2. The van der Waals surface area contributed by atoms with Crippen molar-refractivity contribution in [2.45, 2.75) is 49.8 Å². The molecule has 0 saturated carbocycles. The molecule has 3 heteroatoms. The molecule has 2 aliphatic rings. The van der Waals surface area contributed by atoms with Crippen molar-refractivity contribution in [3.63, 3.8) is 0 Å². The first-order valence-electron chi connectivity index (χ1n) is 5.55. The molecule has 2 nitrogen and oxygen atoms in total. The quantitative estimate of drug-likeness (QED) is 0.673. The molecule has 0 unspecified atom stereocenters. The molecule has 2 fully saturated rings. The maximum absolute atomic E-state index is 9.55. The molecule has 0 aromatic heterocycles. The zero-order chi connectivity index (χ0) is 9.31. The number of aliphatic hydroxyl groups excluding tert-OH is 2. The Bertz CT molecular complexity index is 156. The van der Waals surface area contributed by atoms with Crippen LogP contribution in [0.4, 0.5) is 0 Å². The number of hydrogen-bond donors (Lipinski definition) is 2. The van der Waals surface area contributed by atoms with Crippen LogP contribution < -0.4 is 0 Å². The predicted octanol–water partition coefficient (Wildman–Crippen LogP) is 1.74. The zero-order valence-electron chi connectivity index (χ0n) is 8.21. The Hall–Kier alpha value is 0.350. The molecule has 2 rings (SSSR count). The van der Waals surface area contributed by atoms with E-state index in [4.69, 9.17) is 0 Å². The van der Waals surface area contributed by atoms with Gasteiger partial charge < -0.3 is 0 Å². The van der Waals surface area contributed by atoms with Crippen LogP contribution in [0, 0.1) is 0 Å². The summed E-state index contributed by atoms with van der Waals surface area (Å²) in [5.41, 5.74) is 1.46. The first-order valence-corrected chi connectivity index (χ1v) is 8.12. The number of hydrogen-bond acceptors (Lipinski definition) is 2. The monoisotopic (exact) mass is 204 g/mol. The summed E-state index contributed by atoms with van der Waals surface area (Å²) < 4.78 is 0. The van der Waals surface area contributed by atoms with Crippen LogP contribution in [-0.4, -0.2) is 34.2 Å². The normalized spacial score (nSPS) is 39.8. The minimum absolute atomic E-state index is 0.332. The van der Waals surface area contributed by atoms with Crippen LogP contribution in [0.25, 0.3) is 0 Å². The Kier molecular flexibility index (Phi) is 2.92. The molecular weight excluding hydrogens is 183 g/mol. The van der Waals surface area contributed by atoms with Gasteiger partial charge in [0.15, 0.2) is 0 Å².